The van der Waals surface area contributed by atoms with E-state index in [1.54, 1.807) is 6.07 Å². The zero-order valence-electron chi connectivity index (χ0n) is 10.3. The van der Waals surface area contributed by atoms with Crippen molar-refractivity contribution in [2.24, 2.45) is 0 Å². The summed E-state index contributed by atoms with van der Waals surface area (Å²) in [5, 5.41) is 0. The Morgan fingerprint density at radius 1 is 1.21 bits per heavy atom. The Hall–Kier alpha value is -1.17. The number of hydrogen-bond donors (Lipinski definition) is 0. The Morgan fingerprint density at radius 3 is 2.21 bits per heavy atom. The molecule has 3 nitrogen and oxygen atoms in total. The van der Waals surface area contributed by atoms with E-state index in [0.29, 0.717) is 14.8 Å². The molecule has 0 aliphatic carbocycles. The molecule has 2 aromatic rings. The molecule has 0 saturated carbocycles. The molecule has 0 saturated heterocycles. The van der Waals surface area contributed by atoms with Gasteiger partial charge in [-0.25, -0.2) is 8.42 Å². The third-order valence-corrected chi connectivity index (χ3v) is 5.31. The van der Waals surface area contributed by atoms with Crippen LogP contribution in [0.5, 0.6) is 0 Å². The van der Waals surface area contributed by atoms with Gasteiger partial charge in [0.15, 0.2) is 9.84 Å². The number of halogens is 1. The number of carbonyl (C=O) groups is 1. The van der Waals surface area contributed by atoms with Gasteiger partial charge in [-0.05, 0) is 42.8 Å². The molecular weight excluding hydrogens is 304 g/mol. The van der Waals surface area contributed by atoms with Crippen molar-refractivity contribution in [2.45, 2.75) is 11.8 Å². The SMILES string of the molecule is Cc1cc(C(=O)c2ccc(S(C)(=O)=O)cc2)sc1Cl. The summed E-state index contributed by atoms with van der Waals surface area (Å²) in [5.41, 5.74) is 1.31. The second-order valence-electron chi connectivity index (χ2n) is 4.19. The predicted molar refractivity (Wildman–Crippen MR) is 77.1 cm³/mol. The molecule has 0 N–H and O–H groups in total. The Kier molecular flexibility index (Phi) is 3.80. The first-order valence-electron chi connectivity index (χ1n) is 5.40. The van der Waals surface area contributed by atoms with Crippen molar-refractivity contribution in [2.75, 3.05) is 6.26 Å². The maximum atomic E-state index is 12.2. The van der Waals surface area contributed by atoms with Crippen LogP contribution < -0.4 is 0 Å². The van der Waals surface area contributed by atoms with Crippen molar-refractivity contribution in [3.8, 4) is 0 Å². The lowest BCUT2D eigenvalue weighted by molar-refractivity contribution is 0.104. The van der Waals surface area contributed by atoms with E-state index < -0.39 is 9.84 Å². The van der Waals surface area contributed by atoms with Crippen LogP contribution in [0, 0.1) is 6.92 Å². The number of thiophene rings is 1. The first kappa shape index (κ1) is 14.2. The van der Waals surface area contributed by atoms with Crippen molar-refractivity contribution >= 4 is 38.6 Å². The van der Waals surface area contributed by atoms with Crippen molar-refractivity contribution in [3.05, 3.63) is 50.7 Å². The number of aryl methyl sites for hydroxylation is 1. The molecule has 0 unspecified atom stereocenters. The summed E-state index contributed by atoms with van der Waals surface area (Å²) in [7, 11) is -3.24. The third kappa shape index (κ3) is 3.05. The van der Waals surface area contributed by atoms with Gasteiger partial charge in [0.05, 0.1) is 14.1 Å². The van der Waals surface area contributed by atoms with E-state index in [4.69, 9.17) is 11.6 Å². The minimum atomic E-state index is -3.24. The number of sulfone groups is 1. The second-order valence-corrected chi connectivity index (χ2v) is 7.86. The lowest BCUT2D eigenvalue weighted by atomic mass is 10.1. The summed E-state index contributed by atoms with van der Waals surface area (Å²) in [6.07, 6.45) is 1.13. The van der Waals surface area contributed by atoms with Crippen molar-refractivity contribution in [3.63, 3.8) is 0 Å². The summed E-state index contributed by atoms with van der Waals surface area (Å²) in [5.74, 6) is -0.153. The minimum absolute atomic E-state index is 0.153. The predicted octanol–water partition coefficient (Wildman–Crippen LogP) is 3.34. The van der Waals surface area contributed by atoms with Gasteiger partial charge in [0, 0.05) is 11.8 Å². The van der Waals surface area contributed by atoms with E-state index in [2.05, 4.69) is 0 Å². The fraction of sp³-hybridized carbons (Fsp3) is 0.154. The molecule has 0 aliphatic rings. The summed E-state index contributed by atoms with van der Waals surface area (Å²) in [4.78, 5) is 12.9. The molecule has 6 heteroatoms. The van der Waals surface area contributed by atoms with Crippen molar-refractivity contribution in [1.82, 2.24) is 0 Å². The fourth-order valence-corrected chi connectivity index (χ4v) is 3.36. The zero-order chi connectivity index (χ0) is 14.2. The van der Waals surface area contributed by atoms with E-state index >= 15 is 0 Å². The van der Waals surface area contributed by atoms with Gasteiger partial charge in [-0.3, -0.25) is 4.79 Å². The van der Waals surface area contributed by atoms with Gasteiger partial charge in [0.25, 0.3) is 0 Å². The van der Waals surface area contributed by atoms with E-state index in [1.165, 1.54) is 35.6 Å². The average molecular weight is 315 g/mol. The molecule has 0 amide bonds. The van der Waals surface area contributed by atoms with Crippen LogP contribution in [0.4, 0.5) is 0 Å². The van der Waals surface area contributed by atoms with Crippen LogP contribution in [0.1, 0.15) is 20.8 Å². The van der Waals surface area contributed by atoms with Crippen LogP contribution in [0.25, 0.3) is 0 Å². The maximum absolute atomic E-state index is 12.2. The van der Waals surface area contributed by atoms with Gasteiger partial charge in [-0.15, -0.1) is 11.3 Å². The van der Waals surface area contributed by atoms with Crippen LogP contribution in [-0.4, -0.2) is 20.5 Å². The molecule has 1 aromatic carbocycles. The van der Waals surface area contributed by atoms with Crippen LogP contribution in [0.2, 0.25) is 4.34 Å². The van der Waals surface area contributed by atoms with Gasteiger partial charge in [0.2, 0.25) is 5.78 Å². The quantitative estimate of drug-likeness (QED) is 0.816. The molecule has 1 aromatic heterocycles. The number of ketones is 1. The molecule has 0 atom stereocenters. The summed E-state index contributed by atoms with van der Waals surface area (Å²) < 4.78 is 23.3. The Labute approximate surface area is 120 Å². The van der Waals surface area contributed by atoms with Crippen LogP contribution in [0.3, 0.4) is 0 Å². The smallest absolute Gasteiger partial charge is 0.203 e. The van der Waals surface area contributed by atoms with E-state index in [1.807, 2.05) is 6.92 Å². The number of rotatable bonds is 3. The molecule has 0 aliphatic heterocycles. The van der Waals surface area contributed by atoms with Crippen LogP contribution in [0.15, 0.2) is 35.2 Å². The van der Waals surface area contributed by atoms with E-state index in [9.17, 15) is 13.2 Å². The lowest BCUT2D eigenvalue weighted by Gasteiger charge is -2.00. The minimum Gasteiger partial charge on any atom is -0.288 e. The molecule has 2 rings (SSSR count). The van der Waals surface area contributed by atoms with Crippen LogP contribution >= 0.6 is 22.9 Å². The molecular formula is C13H11ClO3S2. The Morgan fingerprint density at radius 2 is 1.79 bits per heavy atom. The average Bonchev–Trinajstić information content (AvgIpc) is 2.68. The summed E-state index contributed by atoms with van der Waals surface area (Å²) in [6.45, 7) is 1.84. The normalized spacial score (nSPS) is 11.5. The molecule has 19 heavy (non-hydrogen) atoms. The Balaban J connectivity index is 2.35. The summed E-state index contributed by atoms with van der Waals surface area (Å²) >= 11 is 7.16. The molecule has 100 valence electrons. The van der Waals surface area contributed by atoms with E-state index in [0.717, 1.165) is 11.8 Å². The molecule has 0 bridgehead atoms. The first-order chi connectivity index (χ1) is 8.79. The zero-order valence-corrected chi connectivity index (χ0v) is 12.7. The largest absolute Gasteiger partial charge is 0.288 e. The molecule has 0 spiro atoms. The second kappa shape index (κ2) is 5.07. The van der Waals surface area contributed by atoms with Gasteiger partial charge in [-0.1, -0.05) is 11.6 Å². The highest BCUT2D eigenvalue weighted by atomic mass is 35.5. The molecule has 0 radical (unpaired) electrons. The highest BCUT2D eigenvalue weighted by Gasteiger charge is 2.15. The van der Waals surface area contributed by atoms with Gasteiger partial charge < -0.3 is 0 Å². The fourth-order valence-electron chi connectivity index (χ4n) is 1.57. The van der Waals surface area contributed by atoms with Gasteiger partial charge in [0.1, 0.15) is 0 Å². The number of carbonyl (C=O) groups excluding carboxylic acids is 1. The van der Waals surface area contributed by atoms with Gasteiger partial charge in [-0.2, -0.15) is 0 Å². The monoisotopic (exact) mass is 314 g/mol. The van der Waals surface area contributed by atoms with Gasteiger partial charge >= 0.3 is 0 Å². The third-order valence-electron chi connectivity index (χ3n) is 2.63. The number of benzene rings is 1. The van der Waals surface area contributed by atoms with Crippen molar-refractivity contribution in [1.29, 1.82) is 0 Å². The Bertz CT molecular complexity index is 708. The maximum Gasteiger partial charge on any atom is 0.203 e. The first-order valence-corrected chi connectivity index (χ1v) is 8.48. The standard InChI is InChI=1S/C13H11ClO3S2/c1-8-7-11(18-13(8)14)12(15)9-3-5-10(6-4-9)19(2,16)17/h3-7H,1-2H3. The van der Waals surface area contributed by atoms with Crippen LogP contribution in [-0.2, 0) is 9.84 Å². The number of hydrogen-bond acceptors (Lipinski definition) is 4. The molecule has 0 fully saturated rings. The highest BCUT2D eigenvalue weighted by molar-refractivity contribution is 7.90. The lowest BCUT2D eigenvalue weighted by Crippen LogP contribution is -2.01. The topological polar surface area (TPSA) is 51.2 Å². The molecule has 1 heterocycles. The summed E-state index contributed by atoms with van der Waals surface area (Å²) in [6, 6.07) is 7.64. The highest BCUT2D eigenvalue weighted by Crippen LogP contribution is 2.28. The van der Waals surface area contributed by atoms with Crippen molar-refractivity contribution < 1.29 is 13.2 Å². The van der Waals surface area contributed by atoms with E-state index in [-0.39, 0.29) is 10.7 Å².